The third-order valence-corrected chi connectivity index (χ3v) is 3.05. The van der Waals surface area contributed by atoms with Crippen molar-refractivity contribution in [1.29, 1.82) is 0 Å². The van der Waals surface area contributed by atoms with E-state index in [2.05, 4.69) is 12.2 Å². The highest BCUT2D eigenvalue weighted by Crippen LogP contribution is 2.21. The van der Waals surface area contributed by atoms with E-state index >= 15 is 0 Å². The molecule has 1 aromatic rings. The topological polar surface area (TPSA) is 49.4 Å². The van der Waals surface area contributed by atoms with E-state index in [-0.39, 0.29) is 18.4 Å². The summed E-state index contributed by atoms with van der Waals surface area (Å²) < 4.78 is 0. The van der Waals surface area contributed by atoms with Crippen molar-refractivity contribution in [2.45, 2.75) is 26.3 Å². The van der Waals surface area contributed by atoms with Gasteiger partial charge in [-0.2, -0.15) is 0 Å². The van der Waals surface area contributed by atoms with Crippen molar-refractivity contribution in [1.82, 2.24) is 5.32 Å². The Balaban J connectivity index is 2.35. The Hall–Kier alpha value is -1.84. The molecular weight excluding hydrogens is 216 g/mol. The molecule has 2 rings (SSSR count). The standard InChI is InChI=1S/C13H16N2O2/c1-3-10-5-4-6-11(7-10)15-9(2)13(17)14-8-12(15)16/h4-7,9H,3,8H2,1-2H3,(H,14,17). The van der Waals surface area contributed by atoms with E-state index in [0.29, 0.717) is 0 Å². The number of amides is 2. The molecule has 4 heteroatoms. The second-order valence-electron chi connectivity index (χ2n) is 4.18. The molecule has 1 unspecified atom stereocenters. The molecule has 0 bridgehead atoms. The Kier molecular flexibility index (Phi) is 3.13. The smallest absolute Gasteiger partial charge is 0.247 e. The number of piperazine rings is 1. The zero-order valence-corrected chi connectivity index (χ0v) is 10.1. The molecule has 0 saturated carbocycles. The van der Waals surface area contributed by atoms with Crippen molar-refractivity contribution in [2.75, 3.05) is 11.4 Å². The molecule has 1 aromatic carbocycles. The Morgan fingerprint density at radius 2 is 2.18 bits per heavy atom. The SMILES string of the molecule is CCc1cccc(N2C(=O)CNC(=O)C2C)c1. The summed E-state index contributed by atoms with van der Waals surface area (Å²) >= 11 is 0. The molecular formula is C13H16N2O2. The van der Waals surface area contributed by atoms with Crippen molar-refractivity contribution >= 4 is 17.5 Å². The number of anilines is 1. The van der Waals surface area contributed by atoms with E-state index < -0.39 is 6.04 Å². The average Bonchev–Trinajstić information content (AvgIpc) is 2.35. The van der Waals surface area contributed by atoms with Crippen LogP contribution < -0.4 is 10.2 Å². The van der Waals surface area contributed by atoms with Crippen LogP contribution in [0.1, 0.15) is 19.4 Å². The lowest BCUT2D eigenvalue weighted by Gasteiger charge is -2.32. The van der Waals surface area contributed by atoms with Crippen molar-refractivity contribution in [2.24, 2.45) is 0 Å². The maximum Gasteiger partial charge on any atom is 0.247 e. The van der Waals surface area contributed by atoms with Gasteiger partial charge in [0.25, 0.3) is 0 Å². The van der Waals surface area contributed by atoms with E-state index in [4.69, 9.17) is 0 Å². The van der Waals surface area contributed by atoms with Crippen LogP contribution in [0, 0.1) is 0 Å². The molecule has 1 aliphatic rings. The van der Waals surface area contributed by atoms with E-state index in [1.165, 1.54) is 0 Å². The van der Waals surface area contributed by atoms with Gasteiger partial charge in [-0.3, -0.25) is 14.5 Å². The van der Waals surface area contributed by atoms with Crippen molar-refractivity contribution in [3.8, 4) is 0 Å². The normalized spacial score (nSPS) is 20.4. The lowest BCUT2D eigenvalue weighted by molar-refractivity contribution is -0.130. The fraction of sp³-hybridized carbons (Fsp3) is 0.385. The monoisotopic (exact) mass is 232 g/mol. The Labute approximate surface area is 101 Å². The van der Waals surface area contributed by atoms with Crippen LogP contribution in [0.3, 0.4) is 0 Å². The number of carbonyl (C=O) groups is 2. The third kappa shape index (κ3) is 2.16. The van der Waals surface area contributed by atoms with Crippen LogP contribution >= 0.6 is 0 Å². The van der Waals surface area contributed by atoms with Gasteiger partial charge in [-0.15, -0.1) is 0 Å². The fourth-order valence-corrected chi connectivity index (χ4v) is 2.02. The lowest BCUT2D eigenvalue weighted by Crippen LogP contribution is -2.57. The van der Waals surface area contributed by atoms with E-state index in [0.717, 1.165) is 17.7 Å². The van der Waals surface area contributed by atoms with Crippen molar-refractivity contribution in [3.63, 3.8) is 0 Å². The molecule has 1 aliphatic heterocycles. The number of benzene rings is 1. The Bertz CT molecular complexity index is 456. The first-order valence-electron chi connectivity index (χ1n) is 5.82. The van der Waals surface area contributed by atoms with Crippen LogP contribution in [0.25, 0.3) is 0 Å². The van der Waals surface area contributed by atoms with Crippen molar-refractivity contribution < 1.29 is 9.59 Å². The number of nitrogens with zero attached hydrogens (tertiary/aromatic N) is 1. The van der Waals surface area contributed by atoms with Crippen LogP contribution in [0.15, 0.2) is 24.3 Å². The summed E-state index contributed by atoms with van der Waals surface area (Å²) in [5.74, 6) is -0.170. The van der Waals surface area contributed by atoms with Gasteiger partial charge in [0, 0.05) is 5.69 Å². The van der Waals surface area contributed by atoms with E-state index in [9.17, 15) is 9.59 Å². The second-order valence-corrected chi connectivity index (χ2v) is 4.18. The van der Waals surface area contributed by atoms with Gasteiger partial charge < -0.3 is 5.32 Å². The minimum absolute atomic E-state index is 0.0645. The van der Waals surface area contributed by atoms with Crippen LogP contribution in [0.2, 0.25) is 0 Å². The zero-order valence-electron chi connectivity index (χ0n) is 10.1. The van der Waals surface area contributed by atoms with Gasteiger partial charge in [0.1, 0.15) is 6.04 Å². The van der Waals surface area contributed by atoms with Gasteiger partial charge in [0.15, 0.2) is 0 Å². The number of nitrogens with one attached hydrogen (secondary N) is 1. The van der Waals surface area contributed by atoms with Crippen LogP contribution in [0.5, 0.6) is 0 Å². The molecule has 1 atom stereocenters. The summed E-state index contributed by atoms with van der Waals surface area (Å²) in [6, 6.07) is 7.33. The van der Waals surface area contributed by atoms with Gasteiger partial charge in [-0.1, -0.05) is 19.1 Å². The van der Waals surface area contributed by atoms with Gasteiger partial charge in [0.05, 0.1) is 6.54 Å². The third-order valence-electron chi connectivity index (χ3n) is 3.05. The molecule has 1 N–H and O–H groups in total. The molecule has 1 heterocycles. The first kappa shape index (κ1) is 11.6. The summed E-state index contributed by atoms with van der Waals surface area (Å²) in [4.78, 5) is 25.0. The molecule has 2 amide bonds. The van der Waals surface area contributed by atoms with Gasteiger partial charge >= 0.3 is 0 Å². The van der Waals surface area contributed by atoms with Gasteiger partial charge in [-0.05, 0) is 31.0 Å². The summed E-state index contributed by atoms with van der Waals surface area (Å²) in [5, 5.41) is 2.58. The second kappa shape index (κ2) is 4.57. The molecule has 4 nitrogen and oxygen atoms in total. The summed E-state index contributed by atoms with van der Waals surface area (Å²) in [6.45, 7) is 3.89. The molecule has 1 fully saturated rings. The highest BCUT2D eigenvalue weighted by Gasteiger charge is 2.31. The Morgan fingerprint density at radius 3 is 2.88 bits per heavy atom. The first-order chi connectivity index (χ1) is 8.13. The number of rotatable bonds is 2. The van der Waals surface area contributed by atoms with E-state index in [1.807, 2.05) is 24.3 Å². The summed E-state index contributed by atoms with van der Waals surface area (Å²) in [7, 11) is 0. The molecule has 0 spiro atoms. The minimum atomic E-state index is -0.441. The molecule has 0 aliphatic carbocycles. The number of aryl methyl sites for hydroxylation is 1. The Morgan fingerprint density at radius 1 is 1.41 bits per heavy atom. The number of hydrogen-bond donors (Lipinski definition) is 1. The van der Waals surface area contributed by atoms with Gasteiger partial charge in [-0.25, -0.2) is 0 Å². The highest BCUT2D eigenvalue weighted by atomic mass is 16.2. The summed E-state index contributed by atoms with van der Waals surface area (Å²) in [6.07, 6.45) is 0.913. The highest BCUT2D eigenvalue weighted by molar-refractivity contribution is 6.06. The molecule has 17 heavy (non-hydrogen) atoms. The lowest BCUT2D eigenvalue weighted by atomic mass is 10.1. The van der Waals surface area contributed by atoms with Crippen LogP contribution in [-0.4, -0.2) is 24.4 Å². The maximum absolute atomic E-state index is 11.9. The number of carbonyl (C=O) groups excluding carboxylic acids is 2. The number of hydrogen-bond acceptors (Lipinski definition) is 2. The molecule has 90 valence electrons. The van der Waals surface area contributed by atoms with Gasteiger partial charge in [0.2, 0.25) is 11.8 Å². The summed E-state index contributed by atoms with van der Waals surface area (Å²) in [5.41, 5.74) is 1.96. The predicted molar refractivity (Wildman–Crippen MR) is 65.8 cm³/mol. The predicted octanol–water partition coefficient (Wildman–Crippen LogP) is 1.10. The molecule has 1 saturated heterocycles. The van der Waals surface area contributed by atoms with Crippen LogP contribution in [-0.2, 0) is 16.0 Å². The minimum Gasteiger partial charge on any atom is -0.345 e. The maximum atomic E-state index is 11.9. The largest absolute Gasteiger partial charge is 0.345 e. The quantitative estimate of drug-likeness (QED) is 0.830. The first-order valence-corrected chi connectivity index (χ1v) is 5.82. The average molecular weight is 232 g/mol. The molecule has 0 radical (unpaired) electrons. The molecule has 0 aromatic heterocycles. The van der Waals surface area contributed by atoms with Crippen molar-refractivity contribution in [3.05, 3.63) is 29.8 Å². The fourth-order valence-electron chi connectivity index (χ4n) is 2.02. The van der Waals surface area contributed by atoms with E-state index in [1.54, 1.807) is 11.8 Å². The van der Waals surface area contributed by atoms with Crippen LogP contribution in [0.4, 0.5) is 5.69 Å². The zero-order chi connectivity index (χ0) is 12.4.